The Morgan fingerprint density at radius 3 is 2.68 bits per heavy atom. The van der Waals surface area contributed by atoms with Gasteiger partial charge in [-0.2, -0.15) is 29.8 Å². The summed E-state index contributed by atoms with van der Waals surface area (Å²) in [6.45, 7) is 4.06. The molecule has 0 bridgehead atoms. The van der Waals surface area contributed by atoms with Gasteiger partial charge in [0, 0.05) is 27.5 Å². The fourth-order valence-electron chi connectivity index (χ4n) is 2.60. The Morgan fingerprint density at radius 1 is 1.37 bits per heavy atom. The van der Waals surface area contributed by atoms with Crippen LogP contribution in [-0.4, -0.2) is 11.6 Å². The first-order valence-corrected chi connectivity index (χ1v) is 6.77. The van der Waals surface area contributed by atoms with Crippen molar-refractivity contribution in [3.63, 3.8) is 0 Å². The van der Waals surface area contributed by atoms with Crippen LogP contribution in [0, 0.1) is 13.0 Å². The summed E-state index contributed by atoms with van der Waals surface area (Å²) in [6.07, 6.45) is 5.92. The first-order chi connectivity index (χ1) is 8.59. The van der Waals surface area contributed by atoms with E-state index in [9.17, 15) is 4.79 Å². The molecule has 2 nitrogen and oxygen atoms in total. The topological polar surface area (TPSA) is 26.3 Å². The van der Waals surface area contributed by atoms with Gasteiger partial charge in [0.15, 0.2) is 0 Å². The van der Waals surface area contributed by atoms with E-state index in [1.165, 1.54) is 19.3 Å². The van der Waals surface area contributed by atoms with Gasteiger partial charge < -0.3 is 4.74 Å². The second-order valence-corrected chi connectivity index (χ2v) is 5.49. The van der Waals surface area contributed by atoms with E-state index in [0.717, 1.165) is 24.0 Å². The van der Waals surface area contributed by atoms with Crippen molar-refractivity contribution in [2.24, 2.45) is 0 Å². The predicted molar refractivity (Wildman–Crippen MR) is 71.3 cm³/mol. The van der Waals surface area contributed by atoms with Crippen molar-refractivity contribution < 1.29 is 30.6 Å². The fourth-order valence-corrected chi connectivity index (χ4v) is 2.60. The van der Waals surface area contributed by atoms with Gasteiger partial charge in [-0.25, -0.2) is 0 Å². The zero-order valence-electron chi connectivity index (χ0n) is 11.7. The second kappa shape index (κ2) is 7.24. The Morgan fingerprint density at radius 2 is 2.05 bits per heavy atom. The molecule has 0 amide bonds. The van der Waals surface area contributed by atoms with E-state index in [2.05, 4.69) is 13.0 Å². The molecule has 0 aromatic heterocycles. The van der Waals surface area contributed by atoms with E-state index in [-0.39, 0.29) is 32.6 Å². The van der Waals surface area contributed by atoms with E-state index in [1.54, 1.807) is 0 Å². The Hall–Kier alpha value is -0.622. The summed E-state index contributed by atoms with van der Waals surface area (Å²) < 4.78 is 5.68. The van der Waals surface area contributed by atoms with E-state index in [0.29, 0.717) is 6.42 Å². The third-order valence-corrected chi connectivity index (χ3v) is 3.77. The Kier molecular flexibility index (Phi) is 6.26. The van der Waals surface area contributed by atoms with Crippen LogP contribution in [0.1, 0.15) is 50.2 Å². The van der Waals surface area contributed by atoms with E-state index >= 15 is 0 Å². The fraction of sp³-hybridized carbons (Fsp3) is 0.562. The van der Waals surface area contributed by atoms with Gasteiger partial charge in [0.25, 0.3) is 0 Å². The SMILES string of the molecule is Cc1ccc[c-]c1CC(=O)OC1(C)CCCCC1.[W]. The van der Waals surface area contributed by atoms with Gasteiger partial charge >= 0.3 is 5.97 Å². The number of carbonyl (C=O) groups is 1. The largest absolute Gasteiger partial charge is 0.459 e. The third-order valence-electron chi connectivity index (χ3n) is 3.77. The summed E-state index contributed by atoms with van der Waals surface area (Å²) in [5, 5.41) is 0. The van der Waals surface area contributed by atoms with Crippen LogP contribution in [0.4, 0.5) is 0 Å². The molecule has 1 aliphatic carbocycles. The Bertz CT molecular complexity index is 423. The summed E-state index contributed by atoms with van der Waals surface area (Å²) in [4.78, 5) is 12.0. The predicted octanol–water partition coefficient (Wildman–Crippen LogP) is 3.60. The molecule has 0 radical (unpaired) electrons. The molecule has 1 fully saturated rings. The Balaban J connectivity index is 0.00000180. The molecule has 0 aliphatic heterocycles. The van der Waals surface area contributed by atoms with Crippen LogP contribution in [0.25, 0.3) is 0 Å². The first kappa shape index (κ1) is 16.4. The molecule has 104 valence electrons. The molecular weight excluding hydrogens is 408 g/mol. The smallest absolute Gasteiger partial charge is 0.308 e. The van der Waals surface area contributed by atoms with Crippen LogP contribution in [0.2, 0.25) is 0 Å². The average molecular weight is 429 g/mol. The molecule has 0 N–H and O–H groups in total. The van der Waals surface area contributed by atoms with Crippen LogP contribution in [0.15, 0.2) is 18.2 Å². The maximum atomic E-state index is 12.0. The molecule has 19 heavy (non-hydrogen) atoms. The maximum absolute atomic E-state index is 12.0. The summed E-state index contributed by atoms with van der Waals surface area (Å²) in [5.41, 5.74) is 1.81. The average Bonchev–Trinajstić information content (AvgIpc) is 2.32. The van der Waals surface area contributed by atoms with E-state index in [4.69, 9.17) is 4.74 Å². The number of carbonyl (C=O) groups excluding carboxylic acids is 1. The van der Waals surface area contributed by atoms with Gasteiger partial charge in [0.2, 0.25) is 0 Å². The molecule has 1 saturated carbocycles. The van der Waals surface area contributed by atoms with Crippen molar-refractivity contribution in [1.29, 1.82) is 0 Å². The minimum Gasteiger partial charge on any atom is -0.459 e. The number of benzene rings is 1. The van der Waals surface area contributed by atoms with Crippen LogP contribution in [0.3, 0.4) is 0 Å². The van der Waals surface area contributed by atoms with Crippen molar-refractivity contribution in [3.8, 4) is 0 Å². The number of esters is 1. The molecule has 0 atom stereocenters. The monoisotopic (exact) mass is 429 g/mol. The number of aryl methyl sites for hydroxylation is 1. The minimum absolute atomic E-state index is 0. The third kappa shape index (κ3) is 4.76. The summed E-state index contributed by atoms with van der Waals surface area (Å²) in [6, 6.07) is 8.90. The molecular formula is C16H21O2W-. The van der Waals surface area contributed by atoms with Crippen molar-refractivity contribution in [1.82, 2.24) is 0 Å². The van der Waals surface area contributed by atoms with Crippen molar-refractivity contribution >= 4 is 5.97 Å². The second-order valence-electron chi connectivity index (χ2n) is 5.49. The quantitative estimate of drug-likeness (QED) is 0.543. The molecule has 0 unspecified atom stereocenters. The van der Waals surface area contributed by atoms with Crippen LogP contribution < -0.4 is 0 Å². The Labute approximate surface area is 130 Å². The standard InChI is InChI=1S/C16H21O2.W/c1-13-8-4-5-9-14(13)12-15(17)18-16(2)10-6-3-7-11-16;/h4-5,8H,3,6-7,10-12H2,1-2H3;/q-1;. The van der Waals surface area contributed by atoms with E-state index in [1.807, 2.05) is 25.1 Å². The number of ether oxygens (including phenoxy) is 1. The molecule has 0 spiro atoms. The molecule has 1 aromatic rings. The number of hydrogen-bond donors (Lipinski definition) is 0. The maximum Gasteiger partial charge on any atom is 0.308 e. The van der Waals surface area contributed by atoms with Crippen molar-refractivity contribution in [2.45, 2.75) is 58.0 Å². The van der Waals surface area contributed by atoms with Gasteiger partial charge in [-0.1, -0.05) is 13.3 Å². The summed E-state index contributed by atoms with van der Waals surface area (Å²) >= 11 is 0. The van der Waals surface area contributed by atoms with Gasteiger partial charge in [0.05, 0.1) is 0 Å². The summed E-state index contributed by atoms with van der Waals surface area (Å²) in [7, 11) is 0. The van der Waals surface area contributed by atoms with Crippen LogP contribution in [0.5, 0.6) is 0 Å². The number of hydrogen-bond acceptors (Lipinski definition) is 2. The molecule has 3 heteroatoms. The molecule has 1 aliphatic rings. The normalized spacial score (nSPS) is 17.4. The van der Waals surface area contributed by atoms with Gasteiger partial charge in [-0.15, -0.1) is 5.56 Å². The van der Waals surface area contributed by atoms with Gasteiger partial charge in [0.1, 0.15) is 5.60 Å². The van der Waals surface area contributed by atoms with E-state index < -0.39 is 0 Å². The van der Waals surface area contributed by atoms with Crippen molar-refractivity contribution in [3.05, 3.63) is 35.4 Å². The van der Waals surface area contributed by atoms with Crippen molar-refractivity contribution in [2.75, 3.05) is 0 Å². The molecule has 1 aromatic carbocycles. The van der Waals surface area contributed by atoms with Gasteiger partial charge in [-0.3, -0.25) is 4.79 Å². The zero-order valence-corrected chi connectivity index (χ0v) is 14.6. The molecule has 0 saturated heterocycles. The molecule has 0 heterocycles. The zero-order chi connectivity index (χ0) is 13.0. The number of rotatable bonds is 3. The van der Waals surface area contributed by atoms with Crippen LogP contribution >= 0.6 is 0 Å². The summed E-state index contributed by atoms with van der Waals surface area (Å²) in [5.74, 6) is -0.120. The minimum atomic E-state index is -0.238. The first-order valence-electron chi connectivity index (χ1n) is 6.77. The van der Waals surface area contributed by atoms with Crippen LogP contribution in [-0.2, 0) is 37.0 Å². The van der Waals surface area contributed by atoms with Gasteiger partial charge in [-0.05, 0) is 32.6 Å². The molecule has 2 rings (SSSR count).